The van der Waals surface area contributed by atoms with Crippen LogP contribution in [0, 0.1) is 18.3 Å². The summed E-state index contributed by atoms with van der Waals surface area (Å²) in [5.41, 5.74) is 0.877. The molecule has 7 heteroatoms. The molecule has 3 heterocycles. The minimum atomic E-state index is -0.616. The molecular formula is C19H27N3O4. The zero-order chi connectivity index (χ0) is 19.2. The number of rotatable bonds is 4. The summed E-state index contributed by atoms with van der Waals surface area (Å²) in [6, 6.07) is 1.44. The van der Waals surface area contributed by atoms with Crippen molar-refractivity contribution in [2.75, 3.05) is 6.54 Å². The first-order valence-electron chi connectivity index (χ1n) is 9.14. The maximum atomic E-state index is 13.3. The molecule has 0 bridgehead atoms. The normalized spacial score (nSPS) is 26.5. The van der Waals surface area contributed by atoms with Crippen LogP contribution in [0.3, 0.4) is 0 Å². The smallest absolute Gasteiger partial charge is 0.251 e. The van der Waals surface area contributed by atoms with E-state index in [1.807, 2.05) is 34.6 Å². The Balaban J connectivity index is 1.89. The molecule has 2 aliphatic heterocycles. The Bertz CT molecular complexity index is 750. The lowest BCUT2D eigenvalue weighted by molar-refractivity contribution is -0.134. The molecule has 0 aromatic carbocycles. The lowest BCUT2D eigenvalue weighted by Crippen LogP contribution is -2.44. The molecule has 0 aliphatic carbocycles. The highest BCUT2D eigenvalue weighted by atomic mass is 16.5. The summed E-state index contributed by atoms with van der Waals surface area (Å²) >= 11 is 0. The molecule has 2 amide bonds. The van der Waals surface area contributed by atoms with E-state index in [0.717, 1.165) is 5.69 Å². The Morgan fingerprint density at radius 3 is 2.62 bits per heavy atom. The average Bonchev–Trinajstić information content (AvgIpc) is 3.18. The molecule has 1 aromatic rings. The van der Waals surface area contributed by atoms with Crippen molar-refractivity contribution in [2.45, 2.75) is 65.5 Å². The Labute approximate surface area is 153 Å². The average molecular weight is 361 g/mol. The Kier molecular flexibility index (Phi) is 4.77. The van der Waals surface area contributed by atoms with Crippen molar-refractivity contribution < 1.29 is 19.2 Å². The molecule has 0 saturated carbocycles. The van der Waals surface area contributed by atoms with Crippen LogP contribution >= 0.6 is 0 Å². The maximum Gasteiger partial charge on any atom is 0.251 e. The second-order valence-electron chi connectivity index (χ2n) is 8.46. The number of aryl methyl sites for hydroxylation is 1. The molecule has 0 radical (unpaired) electrons. The van der Waals surface area contributed by atoms with Gasteiger partial charge in [0, 0.05) is 31.2 Å². The third-order valence-electron chi connectivity index (χ3n) is 5.28. The summed E-state index contributed by atoms with van der Waals surface area (Å²) < 4.78 is 5.36. The number of likely N-dealkylation sites (tertiary alicyclic amines) is 1. The van der Waals surface area contributed by atoms with Gasteiger partial charge in [0.1, 0.15) is 11.7 Å². The van der Waals surface area contributed by atoms with Crippen LogP contribution in [0.1, 0.15) is 57.9 Å². The number of carbonyl (C=O) groups excluding carboxylic acids is 2. The highest BCUT2D eigenvalue weighted by molar-refractivity contribution is 6.09. The minimum Gasteiger partial charge on any atom is -0.391 e. The van der Waals surface area contributed by atoms with Crippen molar-refractivity contribution in [1.82, 2.24) is 10.1 Å². The summed E-state index contributed by atoms with van der Waals surface area (Å²) in [5, 5.41) is 14.1. The molecule has 0 unspecified atom stereocenters. The number of carbonyl (C=O) groups is 2. The molecular weight excluding hydrogens is 334 g/mol. The molecule has 3 atom stereocenters. The molecule has 0 spiro atoms. The van der Waals surface area contributed by atoms with Crippen LogP contribution in [0.2, 0.25) is 0 Å². The number of nitrogens with zero attached hydrogens (tertiary/aromatic N) is 3. The number of hydrogen-bond acceptors (Lipinski definition) is 5. The molecule has 26 heavy (non-hydrogen) atoms. The van der Waals surface area contributed by atoms with Gasteiger partial charge in [0.15, 0.2) is 0 Å². The van der Waals surface area contributed by atoms with Gasteiger partial charge in [0.2, 0.25) is 5.91 Å². The van der Waals surface area contributed by atoms with E-state index in [0.29, 0.717) is 24.3 Å². The molecule has 3 rings (SSSR count). The Morgan fingerprint density at radius 1 is 1.42 bits per heavy atom. The van der Waals surface area contributed by atoms with Crippen LogP contribution in [0.25, 0.3) is 0 Å². The van der Waals surface area contributed by atoms with E-state index in [4.69, 9.17) is 4.52 Å². The van der Waals surface area contributed by atoms with Crippen LogP contribution in [0.5, 0.6) is 0 Å². The second kappa shape index (κ2) is 6.61. The van der Waals surface area contributed by atoms with E-state index in [9.17, 15) is 14.7 Å². The summed E-state index contributed by atoms with van der Waals surface area (Å²) in [6.07, 6.45) is 0.310. The summed E-state index contributed by atoms with van der Waals surface area (Å²) in [5.74, 6) is -0.205. The van der Waals surface area contributed by atoms with Gasteiger partial charge >= 0.3 is 0 Å². The number of aliphatic imine (C=N–C) groups is 1. The van der Waals surface area contributed by atoms with Gasteiger partial charge in [-0.2, -0.15) is 0 Å². The van der Waals surface area contributed by atoms with Crippen LogP contribution in [-0.4, -0.2) is 51.4 Å². The first-order valence-corrected chi connectivity index (χ1v) is 9.14. The van der Waals surface area contributed by atoms with Crippen molar-refractivity contribution in [2.24, 2.45) is 16.3 Å². The maximum absolute atomic E-state index is 13.3. The van der Waals surface area contributed by atoms with E-state index < -0.39 is 17.4 Å². The minimum absolute atomic E-state index is 0.0110. The van der Waals surface area contributed by atoms with Crippen LogP contribution in [0.4, 0.5) is 0 Å². The molecule has 2 aliphatic rings. The lowest BCUT2D eigenvalue weighted by Gasteiger charge is -2.29. The zero-order valence-electron chi connectivity index (χ0n) is 16.0. The number of amides is 2. The van der Waals surface area contributed by atoms with Gasteiger partial charge < -0.3 is 14.5 Å². The fourth-order valence-electron chi connectivity index (χ4n) is 3.86. The Morgan fingerprint density at radius 2 is 2.12 bits per heavy atom. The predicted molar refractivity (Wildman–Crippen MR) is 95.8 cm³/mol. The molecule has 1 N–H and O–H groups in total. The predicted octanol–water partition coefficient (Wildman–Crippen LogP) is 2.08. The number of aliphatic hydroxyl groups excluding tert-OH is 1. The van der Waals surface area contributed by atoms with E-state index in [2.05, 4.69) is 10.1 Å². The lowest BCUT2D eigenvalue weighted by atomic mass is 9.86. The highest BCUT2D eigenvalue weighted by Gasteiger charge is 2.46. The first kappa shape index (κ1) is 18.8. The van der Waals surface area contributed by atoms with Gasteiger partial charge in [-0.15, -0.1) is 0 Å². The first-order chi connectivity index (χ1) is 12.1. The van der Waals surface area contributed by atoms with Gasteiger partial charge in [-0.05, 0) is 12.8 Å². The number of hydrogen-bond donors (Lipinski definition) is 1. The fourth-order valence-corrected chi connectivity index (χ4v) is 3.86. The van der Waals surface area contributed by atoms with Gasteiger partial charge in [0.05, 0.1) is 23.3 Å². The summed E-state index contributed by atoms with van der Waals surface area (Å²) in [4.78, 5) is 31.3. The topological polar surface area (TPSA) is 96.0 Å². The highest BCUT2D eigenvalue weighted by Crippen LogP contribution is 2.36. The third kappa shape index (κ3) is 3.32. The third-order valence-corrected chi connectivity index (χ3v) is 5.28. The van der Waals surface area contributed by atoms with Crippen molar-refractivity contribution in [1.29, 1.82) is 0 Å². The van der Waals surface area contributed by atoms with Gasteiger partial charge in [0.25, 0.3) is 5.91 Å². The molecule has 1 fully saturated rings. The number of aliphatic hydroxyl groups is 1. The van der Waals surface area contributed by atoms with Crippen LogP contribution in [0.15, 0.2) is 15.6 Å². The van der Waals surface area contributed by atoms with Crippen molar-refractivity contribution in [3.05, 3.63) is 17.5 Å². The van der Waals surface area contributed by atoms with Gasteiger partial charge in [-0.1, -0.05) is 32.9 Å². The van der Waals surface area contributed by atoms with Crippen molar-refractivity contribution in [3.63, 3.8) is 0 Å². The van der Waals surface area contributed by atoms with E-state index >= 15 is 0 Å². The van der Waals surface area contributed by atoms with E-state index in [-0.39, 0.29) is 30.3 Å². The summed E-state index contributed by atoms with van der Waals surface area (Å²) in [7, 11) is 0. The van der Waals surface area contributed by atoms with Crippen molar-refractivity contribution in [3.8, 4) is 0 Å². The second-order valence-corrected chi connectivity index (χ2v) is 8.46. The van der Waals surface area contributed by atoms with Crippen LogP contribution < -0.4 is 0 Å². The number of β-amino-alcohol motifs (C(OH)–C–C–N with tert-alkyl or cyclic N) is 1. The zero-order valence-corrected chi connectivity index (χ0v) is 16.0. The number of aromatic nitrogens is 1. The summed E-state index contributed by atoms with van der Waals surface area (Å²) in [6.45, 7) is 9.70. The fraction of sp³-hybridized carbons (Fsp3) is 0.684. The van der Waals surface area contributed by atoms with Crippen molar-refractivity contribution >= 4 is 17.5 Å². The van der Waals surface area contributed by atoms with Gasteiger partial charge in [-0.3, -0.25) is 9.59 Å². The van der Waals surface area contributed by atoms with Crippen LogP contribution in [-0.2, 0) is 9.59 Å². The Hall–Kier alpha value is -2.02. The molecule has 142 valence electrons. The molecule has 7 nitrogen and oxygen atoms in total. The quantitative estimate of drug-likeness (QED) is 0.886. The largest absolute Gasteiger partial charge is 0.391 e. The standard InChI is InChI=1S/C19H27N3O4/c1-10(2)16(15-6-11(3)21-26-15)17(24)22-9-12(23)7-14(22)13-8-19(4,5)18(25)20-13/h6,10,12,14,16,23H,7-9H2,1-5H3/t12-,14+,16-/m1/s1. The monoisotopic (exact) mass is 361 g/mol. The van der Waals surface area contributed by atoms with E-state index in [1.54, 1.807) is 11.0 Å². The molecule has 1 saturated heterocycles. The molecule has 1 aromatic heterocycles. The SMILES string of the molecule is Cc1cc([C@H](C(=O)N2C[C@H](O)C[C@H]2C2=NC(=O)C(C)(C)C2)C(C)C)on1. The van der Waals surface area contributed by atoms with Gasteiger partial charge in [-0.25, -0.2) is 4.99 Å². The van der Waals surface area contributed by atoms with E-state index in [1.165, 1.54) is 0 Å².